The van der Waals surface area contributed by atoms with E-state index in [1.165, 1.54) is 0 Å². The Kier molecular flexibility index (Phi) is 1.37. The molecule has 0 aliphatic rings. The molecule has 0 atom stereocenters. The van der Waals surface area contributed by atoms with Crippen molar-refractivity contribution in [2.45, 2.75) is 0 Å². The van der Waals surface area contributed by atoms with Crippen molar-refractivity contribution in [3.63, 3.8) is 0 Å². The number of hydrogen-bond donors (Lipinski definition) is 1. The van der Waals surface area contributed by atoms with Gasteiger partial charge in [0, 0.05) is 22.2 Å². The Hall–Kier alpha value is -1.18. The molecular formula is C6H6NO+. The van der Waals surface area contributed by atoms with Crippen molar-refractivity contribution in [3.8, 4) is 0 Å². The zero-order valence-corrected chi connectivity index (χ0v) is 4.29. The number of para-hydroxylation sites is 1. The Bertz CT molecular complexity index is 171. The maximum atomic E-state index is 9.88. The molecule has 8 heavy (non-hydrogen) atoms. The van der Waals surface area contributed by atoms with E-state index in [1.54, 1.807) is 29.4 Å². The normalized spacial score (nSPS) is 8.50. The SMILES string of the molecule is O=[NH+]c1ccccc1. The smallest absolute Gasteiger partial charge is 0.0618 e. The standard InChI is InChI=1S/C6H5NO/c8-7-6-4-2-1-3-5-6/h1-5H/p+1. The van der Waals surface area contributed by atoms with Crippen LogP contribution in [-0.4, -0.2) is 0 Å². The van der Waals surface area contributed by atoms with Gasteiger partial charge in [0.25, 0.3) is 5.69 Å². The summed E-state index contributed by atoms with van der Waals surface area (Å²) in [5, 5.41) is 1.78. The fraction of sp³-hybridized carbons (Fsp3) is 0. The van der Waals surface area contributed by atoms with Crippen molar-refractivity contribution < 1.29 is 5.18 Å². The van der Waals surface area contributed by atoms with Crippen LogP contribution in [0.4, 0.5) is 5.69 Å². The molecule has 0 amide bonds. The monoisotopic (exact) mass is 108 g/mol. The Balaban J connectivity index is 2.99. The molecule has 0 fully saturated rings. The first kappa shape index (κ1) is 4.97. The third-order valence-electron chi connectivity index (χ3n) is 0.892. The van der Waals surface area contributed by atoms with Crippen molar-refractivity contribution in [3.05, 3.63) is 35.2 Å². The van der Waals surface area contributed by atoms with Crippen LogP contribution in [0.5, 0.6) is 0 Å². The highest BCUT2D eigenvalue weighted by Crippen LogP contribution is 1.93. The highest BCUT2D eigenvalue weighted by molar-refractivity contribution is 5.26. The van der Waals surface area contributed by atoms with Crippen LogP contribution in [0.3, 0.4) is 0 Å². The summed E-state index contributed by atoms with van der Waals surface area (Å²) in [5.74, 6) is 0. The second kappa shape index (κ2) is 2.21. The Morgan fingerprint density at radius 1 is 1.12 bits per heavy atom. The minimum absolute atomic E-state index is 0.604. The van der Waals surface area contributed by atoms with Gasteiger partial charge in [-0.15, -0.1) is 0 Å². The molecule has 0 spiro atoms. The topological polar surface area (TPSA) is 31.0 Å². The third-order valence-corrected chi connectivity index (χ3v) is 0.892. The molecular weight excluding hydrogens is 102 g/mol. The second-order valence-corrected chi connectivity index (χ2v) is 1.47. The first-order valence-electron chi connectivity index (χ1n) is 2.36. The van der Waals surface area contributed by atoms with Crippen molar-refractivity contribution in [1.82, 2.24) is 0 Å². The van der Waals surface area contributed by atoms with Crippen LogP contribution < -0.4 is 5.18 Å². The van der Waals surface area contributed by atoms with Gasteiger partial charge < -0.3 is 0 Å². The van der Waals surface area contributed by atoms with E-state index in [0.717, 1.165) is 0 Å². The number of benzene rings is 1. The Labute approximate surface area is 47.1 Å². The summed E-state index contributed by atoms with van der Waals surface area (Å²) in [6.45, 7) is 0. The van der Waals surface area contributed by atoms with Crippen LogP contribution in [0.25, 0.3) is 0 Å². The summed E-state index contributed by atoms with van der Waals surface area (Å²) >= 11 is 0. The van der Waals surface area contributed by atoms with E-state index >= 15 is 0 Å². The molecule has 0 radical (unpaired) electrons. The average Bonchev–Trinajstić information content (AvgIpc) is 1.90. The molecule has 0 bridgehead atoms. The molecule has 1 N–H and O–H groups in total. The highest BCUT2D eigenvalue weighted by Gasteiger charge is 1.88. The van der Waals surface area contributed by atoms with Crippen molar-refractivity contribution in [2.75, 3.05) is 0 Å². The lowest BCUT2D eigenvalue weighted by atomic mass is 10.3. The van der Waals surface area contributed by atoms with Gasteiger partial charge in [0.1, 0.15) is 0 Å². The van der Waals surface area contributed by atoms with Gasteiger partial charge in [-0.25, -0.2) is 0 Å². The van der Waals surface area contributed by atoms with Gasteiger partial charge in [-0.05, 0) is 0 Å². The summed E-state index contributed by atoms with van der Waals surface area (Å²) in [4.78, 5) is 9.88. The summed E-state index contributed by atoms with van der Waals surface area (Å²) in [6, 6.07) is 8.90. The van der Waals surface area contributed by atoms with Gasteiger partial charge in [-0.3, -0.25) is 0 Å². The fourth-order valence-electron chi connectivity index (χ4n) is 0.506. The summed E-state index contributed by atoms with van der Waals surface area (Å²) < 4.78 is 0. The average molecular weight is 108 g/mol. The van der Waals surface area contributed by atoms with Gasteiger partial charge >= 0.3 is 0 Å². The van der Waals surface area contributed by atoms with Gasteiger partial charge in [-0.2, -0.15) is 0 Å². The summed E-state index contributed by atoms with van der Waals surface area (Å²) in [7, 11) is 0. The number of rotatable bonds is 1. The van der Waals surface area contributed by atoms with E-state index in [9.17, 15) is 4.91 Å². The van der Waals surface area contributed by atoms with E-state index in [1.807, 2.05) is 6.07 Å². The van der Waals surface area contributed by atoms with Crippen molar-refractivity contribution >= 4 is 5.69 Å². The molecule has 2 nitrogen and oxygen atoms in total. The van der Waals surface area contributed by atoms with Gasteiger partial charge in [0.2, 0.25) is 0 Å². The van der Waals surface area contributed by atoms with Crippen LogP contribution in [0.15, 0.2) is 30.3 Å². The molecule has 1 rings (SSSR count). The molecule has 0 saturated carbocycles. The van der Waals surface area contributed by atoms with E-state index in [0.29, 0.717) is 5.69 Å². The van der Waals surface area contributed by atoms with E-state index < -0.39 is 0 Å². The first-order chi connectivity index (χ1) is 3.93. The molecule has 0 saturated heterocycles. The molecule has 0 aliphatic carbocycles. The number of nitrogens with one attached hydrogen (secondary N) is 1. The maximum absolute atomic E-state index is 9.88. The van der Waals surface area contributed by atoms with Gasteiger partial charge in [-0.1, -0.05) is 18.2 Å². The maximum Gasteiger partial charge on any atom is 0.253 e. The molecule has 1 aromatic carbocycles. The minimum atomic E-state index is 0.604. The number of nitroso groups, excluding NO2 is 1. The Morgan fingerprint density at radius 2 is 1.75 bits per heavy atom. The van der Waals surface area contributed by atoms with Gasteiger partial charge in [0.05, 0.1) is 0 Å². The molecule has 1 aromatic rings. The first-order valence-corrected chi connectivity index (χ1v) is 2.36. The lowest BCUT2D eigenvalue weighted by Gasteiger charge is -1.74. The third kappa shape index (κ3) is 0.904. The largest absolute Gasteiger partial charge is 0.253 e. The predicted octanol–water partition coefficient (Wildman–Crippen LogP) is 0.165. The van der Waals surface area contributed by atoms with Crippen LogP contribution in [0, 0.1) is 4.91 Å². The predicted molar refractivity (Wildman–Crippen MR) is 30.4 cm³/mol. The molecule has 40 valence electrons. The second-order valence-electron chi connectivity index (χ2n) is 1.47. The number of hydrogen-bond acceptors (Lipinski definition) is 1. The van der Waals surface area contributed by atoms with Crippen LogP contribution in [0.2, 0.25) is 0 Å². The zero-order valence-electron chi connectivity index (χ0n) is 4.29. The molecule has 0 heterocycles. The van der Waals surface area contributed by atoms with E-state index in [2.05, 4.69) is 0 Å². The van der Waals surface area contributed by atoms with Crippen LogP contribution in [0.1, 0.15) is 0 Å². The molecule has 2 heteroatoms. The van der Waals surface area contributed by atoms with E-state index in [-0.39, 0.29) is 0 Å². The van der Waals surface area contributed by atoms with E-state index in [4.69, 9.17) is 0 Å². The van der Waals surface area contributed by atoms with Crippen molar-refractivity contribution in [1.29, 1.82) is 0 Å². The highest BCUT2D eigenvalue weighted by atomic mass is 16.3. The quantitative estimate of drug-likeness (QED) is 0.546. The molecule has 0 aromatic heterocycles. The lowest BCUT2D eigenvalue weighted by Crippen LogP contribution is -2.55. The summed E-state index contributed by atoms with van der Waals surface area (Å²) in [6.07, 6.45) is 0. The Morgan fingerprint density at radius 3 is 2.12 bits per heavy atom. The lowest BCUT2D eigenvalue weighted by molar-refractivity contribution is -0.379. The van der Waals surface area contributed by atoms with Gasteiger partial charge in [0.15, 0.2) is 0 Å². The molecule has 0 unspecified atom stereocenters. The molecule has 0 aliphatic heterocycles. The fourth-order valence-corrected chi connectivity index (χ4v) is 0.506. The zero-order chi connectivity index (χ0) is 5.82. The van der Waals surface area contributed by atoms with Crippen LogP contribution in [-0.2, 0) is 0 Å². The summed E-state index contributed by atoms with van der Waals surface area (Å²) in [5.41, 5.74) is 0.604. The minimum Gasteiger partial charge on any atom is -0.0618 e. The van der Waals surface area contributed by atoms with Crippen molar-refractivity contribution in [2.24, 2.45) is 0 Å². The van der Waals surface area contributed by atoms with Crippen LogP contribution >= 0.6 is 0 Å².